The first-order valence-electron chi connectivity index (χ1n) is 10.1. The van der Waals surface area contributed by atoms with Gasteiger partial charge in [0.2, 0.25) is 10.0 Å². The van der Waals surface area contributed by atoms with Gasteiger partial charge in [-0.25, -0.2) is 13.1 Å². The van der Waals surface area contributed by atoms with Gasteiger partial charge in [0.15, 0.2) is 0 Å². The van der Waals surface area contributed by atoms with Gasteiger partial charge in [-0.05, 0) is 80.4 Å². The van der Waals surface area contributed by atoms with E-state index in [1.54, 1.807) is 0 Å². The number of allylic oxidation sites excluding steroid dienone is 2. The number of sulfonamides is 1. The lowest BCUT2D eigenvalue weighted by molar-refractivity contribution is -0.137. The minimum absolute atomic E-state index is 0.0466. The fourth-order valence-corrected chi connectivity index (χ4v) is 6.67. The molecule has 0 radical (unpaired) electrons. The van der Waals surface area contributed by atoms with Crippen molar-refractivity contribution in [1.82, 2.24) is 4.72 Å². The third kappa shape index (κ3) is 5.75. The molecule has 29 heavy (non-hydrogen) atoms. The highest BCUT2D eigenvalue weighted by molar-refractivity contribution is 7.89. The Hall–Kier alpha value is -1.08. The van der Waals surface area contributed by atoms with Gasteiger partial charge in [-0.1, -0.05) is 35.4 Å². The molecule has 0 aliphatic heterocycles. The van der Waals surface area contributed by atoms with Gasteiger partial charge in [-0.3, -0.25) is 4.79 Å². The molecule has 5 nitrogen and oxygen atoms in total. The maximum atomic E-state index is 12.8. The van der Waals surface area contributed by atoms with E-state index in [-0.39, 0.29) is 22.3 Å². The lowest BCUT2D eigenvalue weighted by Gasteiger charge is -2.48. The molecule has 0 spiro atoms. The van der Waals surface area contributed by atoms with Crippen LogP contribution < -0.4 is 4.72 Å². The number of hydrogen-bond donors (Lipinski definition) is 2. The quantitative estimate of drug-likeness (QED) is 0.395. The fourth-order valence-electron chi connectivity index (χ4n) is 4.83. The summed E-state index contributed by atoms with van der Waals surface area (Å²) in [4.78, 5) is 10.7. The van der Waals surface area contributed by atoms with E-state index in [4.69, 9.17) is 28.3 Å². The molecule has 0 aromatic heterocycles. The van der Waals surface area contributed by atoms with Crippen molar-refractivity contribution in [1.29, 1.82) is 0 Å². The molecule has 0 heterocycles. The molecule has 1 aromatic carbocycles. The summed E-state index contributed by atoms with van der Waals surface area (Å²) in [6.07, 6.45) is 10.5. The molecule has 8 heteroatoms. The highest BCUT2D eigenvalue weighted by atomic mass is 35.5. The van der Waals surface area contributed by atoms with E-state index in [9.17, 15) is 13.2 Å². The normalized spacial score (nSPS) is 26.8. The summed E-state index contributed by atoms with van der Waals surface area (Å²) in [5.41, 5.74) is 0. The minimum atomic E-state index is -3.72. The summed E-state index contributed by atoms with van der Waals surface area (Å²) in [6, 6.07) is 4.38. The summed E-state index contributed by atoms with van der Waals surface area (Å²) in [7, 11) is -3.72. The van der Waals surface area contributed by atoms with Gasteiger partial charge in [0.25, 0.3) is 0 Å². The van der Waals surface area contributed by atoms with Gasteiger partial charge in [0, 0.05) is 18.0 Å². The van der Waals surface area contributed by atoms with E-state index in [2.05, 4.69) is 16.9 Å². The Morgan fingerprint density at radius 3 is 2.52 bits per heavy atom. The molecule has 1 aromatic rings. The second kappa shape index (κ2) is 9.82. The third-order valence-electron chi connectivity index (χ3n) is 6.27. The monoisotopic (exact) mass is 459 g/mol. The molecule has 3 fully saturated rings. The highest BCUT2D eigenvalue weighted by Gasteiger charge is 2.42. The average Bonchev–Trinajstić information content (AvgIpc) is 2.67. The van der Waals surface area contributed by atoms with E-state index in [0.29, 0.717) is 35.7 Å². The zero-order valence-corrected chi connectivity index (χ0v) is 18.5. The molecule has 3 saturated carbocycles. The maximum absolute atomic E-state index is 12.8. The van der Waals surface area contributed by atoms with Crippen LogP contribution in [0.25, 0.3) is 0 Å². The van der Waals surface area contributed by atoms with Crippen molar-refractivity contribution in [2.45, 2.75) is 49.8 Å². The number of aliphatic carboxylic acids is 1. The lowest BCUT2D eigenvalue weighted by Crippen LogP contribution is -2.45. The van der Waals surface area contributed by atoms with Crippen molar-refractivity contribution < 1.29 is 18.3 Å². The SMILES string of the molecule is O=C(O)CCC/C=C\[C@@H]1C2CCC(CC2)[C@@H]1CNS(=O)(=O)c1ccc(Cl)cc1Cl. The summed E-state index contributed by atoms with van der Waals surface area (Å²) >= 11 is 12.0. The van der Waals surface area contributed by atoms with Crippen LogP contribution in [-0.2, 0) is 14.8 Å². The van der Waals surface area contributed by atoms with Crippen LogP contribution in [0.2, 0.25) is 10.0 Å². The zero-order valence-electron chi connectivity index (χ0n) is 16.2. The largest absolute Gasteiger partial charge is 0.481 e. The van der Waals surface area contributed by atoms with E-state index in [1.807, 2.05) is 0 Å². The first kappa shape index (κ1) is 22.6. The number of carbonyl (C=O) groups is 1. The van der Waals surface area contributed by atoms with Crippen LogP contribution in [-0.4, -0.2) is 26.0 Å². The Labute approximate surface area is 182 Å². The first-order valence-corrected chi connectivity index (χ1v) is 12.3. The van der Waals surface area contributed by atoms with Crippen molar-refractivity contribution in [3.8, 4) is 0 Å². The Bertz CT molecular complexity index is 863. The summed E-state index contributed by atoms with van der Waals surface area (Å²) < 4.78 is 28.3. The molecular weight excluding hydrogens is 433 g/mol. The molecule has 2 N–H and O–H groups in total. The van der Waals surface area contributed by atoms with Gasteiger partial charge in [-0.15, -0.1) is 0 Å². The number of carboxylic acids is 1. The molecule has 3 aliphatic rings. The number of unbranched alkanes of at least 4 members (excludes halogenated alkanes) is 1. The van der Waals surface area contributed by atoms with Crippen molar-refractivity contribution >= 4 is 39.2 Å². The molecule has 0 amide bonds. The molecule has 2 atom stereocenters. The molecule has 0 saturated heterocycles. The van der Waals surface area contributed by atoms with Gasteiger partial charge < -0.3 is 5.11 Å². The van der Waals surface area contributed by atoms with Gasteiger partial charge in [0.05, 0.1) is 5.02 Å². The van der Waals surface area contributed by atoms with E-state index >= 15 is 0 Å². The topological polar surface area (TPSA) is 83.5 Å². The number of carboxylic acid groups (broad SMARTS) is 1. The number of nitrogens with one attached hydrogen (secondary N) is 1. The van der Waals surface area contributed by atoms with Crippen LogP contribution in [0, 0.1) is 23.7 Å². The van der Waals surface area contributed by atoms with Crippen LogP contribution in [0.1, 0.15) is 44.9 Å². The number of halogens is 2. The second-order valence-corrected chi connectivity index (χ2v) is 10.6. The number of hydrogen-bond acceptors (Lipinski definition) is 3. The molecule has 2 bridgehead atoms. The maximum Gasteiger partial charge on any atom is 0.303 e. The van der Waals surface area contributed by atoms with Crippen LogP contribution in [0.15, 0.2) is 35.2 Å². The van der Waals surface area contributed by atoms with E-state index < -0.39 is 16.0 Å². The Morgan fingerprint density at radius 1 is 1.17 bits per heavy atom. The fraction of sp³-hybridized carbons (Fsp3) is 0.571. The van der Waals surface area contributed by atoms with Gasteiger partial charge in [-0.2, -0.15) is 0 Å². The van der Waals surface area contributed by atoms with Crippen molar-refractivity contribution in [2.75, 3.05) is 6.54 Å². The van der Waals surface area contributed by atoms with Gasteiger partial charge in [0.1, 0.15) is 4.90 Å². The molecular formula is C21H27Cl2NO4S. The molecule has 160 valence electrons. The standard InChI is InChI=1S/C21H27Cl2NO4S/c22-16-10-11-20(19(23)12-16)29(27,28)24-13-18-15-8-6-14(7-9-15)17(18)4-2-1-3-5-21(25)26/h2,4,10-12,14-15,17-18,24H,1,3,5-9,13H2,(H,25,26)/b4-2-/t14?,15?,17-,18+/m1/s1. The van der Waals surface area contributed by atoms with Crippen LogP contribution in [0.4, 0.5) is 0 Å². The Balaban J connectivity index is 1.66. The Morgan fingerprint density at radius 2 is 1.86 bits per heavy atom. The number of fused-ring (bicyclic) bond motifs is 3. The van der Waals surface area contributed by atoms with Crippen molar-refractivity contribution in [3.63, 3.8) is 0 Å². The second-order valence-electron chi connectivity index (χ2n) is 8.06. The van der Waals surface area contributed by atoms with E-state index in [1.165, 1.54) is 31.0 Å². The first-order chi connectivity index (χ1) is 13.8. The molecule has 3 aliphatic carbocycles. The summed E-state index contributed by atoms with van der Waals surface area (Å²) in [5, 5.41) is 9.27. The predicted octanol–water partition coefficient (Wildman–Crippen LogP) is 5.14. The van der Waals surface area contributed by atoms with Crippen LogP contribution in [0.5, 0.6) is 0 Å². The van der Waals surface area contributed by atoms with Gasteiger partial charge >= 0.3 is 5.97 Å². The number of rotatable bonds is 9. The predicted molar refractivity (Wildman–Crippen MR) is 115 cm³/mol. The highest BCUT2D eigenvalue weighted by Crippen LogP contribution is 2.49. The Kier molecular flexibility index (Phi) is 7.65. The minimum Gasteiger partial charge on any atom is -0.481 e. The average molecular weight is 460 g/mol. The van der Waals surface area contributed by atoms with Crippen LogP contribution >= 0.6 is 23.2 Å². The summed E-state index contributed by atoms with van der Waals surface area (Å²) in [5.74, 6) is 0.888. The van der Waals surface area contributed by atoms with Crippen molar-refractivity contribution in [2.24, 2.45) is 23.7 Å². The zero-order chi connectivity index (χ0) is 21.0. The number of benzene rings is 1. The molecule has 0 unspecified atom stereocenters. The van der Waals surface area contributed by atoms with Crippen LogP contribution in [0.3, 0.4) is 0 Å². The van der Waals surface area contributed by atoms with E-state index in [0.717, 1.165) is 19.3 Å². The lowest BCUT2D eigenvalue weighted by atomic mass is 9.58. The summed E-state index contributed by atoms with van der Waals surface area (Å²) in [6.45, 7) is 0.382. The third-order valence-corrected chi connectivity index (χ3v) is 8.41. The molecule has 4 rings (SSSR count). The van der Waals surface area contributed by atoms with Crippen molar-refractivity contribution in [3.05, 3.63) is 40.4 Å². The smallest absolute Gasteiger partial charge is 0.303 e.